The van der Waals surface area contributed by atoms with Gasteiger partial charge in [0.25, 0.3) is 0 Å². The Morgan fingerprint density at radius 2 is 2.09 bits per heavy atom. The minimum Gasteiger partial charge on any atom is -0.313 e. The van der Waals surface area contributed by atoms with Gasteiger partial charge in [-0.3, -0.25) is 0 Å². The molecule has 1 unspecified atom stereocenters. The molecule has 0 aliphatic carbocycles. The molecule has 0 aromatic carbocycles. The third-order valence-corrected chi connectivity index (χ3v) is 3.12. The summed E-state index contributed by atoms with van der Waals surface area (Å²) in [5.41, 5.74) is 0. The first-order valence-electron chi connectivity index (χ1n) is 4.86. The van der Waals surface area contributed by atoms with Crippen LogP contribution in [0, 0.1) is 5.92 Å². The molecule has 1 N–H and O–H groups in total. The topological polar surface area (TPSA) is 15.3 Å². The van der Waals surface area contributed by atoms with E-state index in [1.807, 2.05) is 0 Å². The summed E-state index contributed by atoms with van der Waals surface area (Å²) >= 11 is 0. The van der Waals surface area contributed by atoms with Crippen LogP contribution in [-0.2, 0) is 0 Å². The van der Waals surface area contributed by atoms with Crippen molar-refractivity contribution in [2.75, 3.05) is 26.2 Å². The summed E-state index contributed by atoms with van der Waals surface area (Å²) in [5.74, 6) is 0.986. The maximum Gasteiger partial charge on any atom is 0.0224 e. The lowest BCUT2D eigenvalue weighted by atomic mass is 9.84. The van der Waals surface area contributed by atoms with Crippen LogP contribution in [0.4, 0.5) is 0 Å². The van der Waals surface area contributed by atoms with Gasteiger partial charge in [-0.2, -0.15) is 0 Å². The summed E-state index contributed by atoms with van der Waals surface area (Å²) in [6.07, 6.45) is 2.86. The molecule has 3 heterocycles. The highest BCUT2D eigenvalue weighted by molar-refractivity contribution is 4.90. The number of likely N-dealkylation sites (N-methyl/N-ethyl adjacent to an activating group) is 1. The second-order valence-electron chi connectivity index (χ2n) is 3.80. The predicted molar refractivity (Wildman–Crippen MR) is 46.6 cm³/mol. The van der Waals surface area contributed by atoms with Gasteiger partial charge in [-0.15, -0.1) is 0 Å². The van der Waals surface area contributed by atoms with Crippen LogP contribution in [0.3, 0.4) is 0 Å². The third-order valence-electron chi connectivity index (χ3n) is 3.12. The Morgan fingerprint density at radius 1 is 1.36 bits per heavy atom. The summed E-state index contributed by atoms with van der Waals surface area (Å²) in [7, 11) is 0. The van der Waals surface area contributed by atoms with Gasteiger partial charge in [0.2, 0.25) is 0 Å². The van der Waals surface area contributed by atoms with Gasteiger partial charge in [0.15, 0.2) is 0 Å². The number of hydrogen-bond donors (Lipinski definition) is 1. The van der Waals surface area contributed by atoms with Crippen molar-refractivity contribution in [3.63, 3.8) is 0 Å². The molecule has 2 heteroatoms. The van der Waals surface area contributed by atoms with E-state index in [1.165, 1.54) is 32.5 Å². The highest BCUT2D eigenvalue weighted by atomic mass is 15.2. The number of rotatable bonds is 2. The van der Waals surface area contributed by atoms with E-state index >= 15 is 0 Å². The Kier molecular flexibility index (Phi) is 2.14. The van der Waals surface area contributed by atoms with Crippen molar-refractivity contribution in [3.8, 4) is 0 Å². The quantitative estimate of drug-likeness (QED) is 0.629. The average Bonchev–Trinajstić information content (AvgIpc) is 2.07. The number of nitrogens with zero attached hydrogens (tertiary/aromatic N) is 1. The molecule has 3 aliphatic heterocycles. The van der Waals surface area contributed by atoms with Crippen LogP contribution in [0.1, 0.15) is 19.8 Å². The van der Waals surface area contributed by atoms with Crippen molar-refractivity contribution in [3.05, 3.63) is 0 Å². The van der Waals surface area contributed by atoms with Crippen molar-refractivity contribution in [2.45, 2.75) is 25.8 Å². The Bertz CT molecular complexity index is 128. The Labute approximate surface area is 69.0 Å². The van der Waals surface area contributed by atoms with Gasteiger partial charge in [-0.05, 0) is 38.4 Å². The van der Waals surface area contributed by atoms with E-state index in [0.717, 1.165) is 18.5 Å². The van der Waals surface area contributed by atoms with Crippen LogP contribution in [0.5, 0.6) is 0 Å². The minimum absolute atomic E-state index is 0.808. The largest absolute Gasteiger partial charge is 0.313 e. The predicted octanol–water partition coefficient (Wildman–Crippen LogP) is 0.690. The minimum atomic E-state index is 0.808. The molecule has 3 rings (SSSR count). The Balaban J connectivity index is 1.92. The van der Waals surface area contributed by atoms with E-state index in [9.17, 15) is 0 Å². The SMILES string of the molecule is CCNC1CN2CCC1CC2. The monoisotopic (exact) mass is 154 g/mol. The molecule has 3 aliphatic rings. The first-order chi connectivity index (χ1) is 5.40. The lowest BCUT2D eigenvalue weighted by molar-refractivity contribution is 0.0737. The normalized spacial score (nSPS) is 42.8. The second kappa shape index (κ2) is 3.11. The van der Waals surface area contributed by atoms with Crippen molar-refractivity contribution in [1.82, 2.24) is 10.2 Å². The van der Waals surface area contributed by atoms with Crippen LogP contribution in [0.15, 0.2) is 0 Å². The summed E-state index contributed by atoms with van der Waals surface area (Å²) in [6, 6.07) is 0.808. The van der Waals surface area contributed by atoms with Gasteiger partial charge in [-0.25, -0.2) is 0 Å². The van der Waals surface area contributed by atoms with E-state index in [2.05, 4.69) is 17.1 Å². The lowest BCUT2D eigenvalue weighted by Crippen LogP contribution is -2.55. The molecule has 2 bridgehead atoms. The third kappa shape index (κ3) is 1.42. The zero-order chi connectivity index (χ0) is 7.68. The van der Waals surface area contributed by atoms with Gasteiger partial charge in [0, 0.05) is 12.6 Å². The van der Waals surface area contributed by atoms with Gasteiger partial charge < -0.3 is 10.2 Å². The fraction of sp³-hybridized carbons (Fsp3) is 1.00. The average molecular weight is 154 g/mol. The molecule has 64 valence electrons. The second-order valence-corrected chi connectivity index (χ2v) is 3.80. The Morgan fingerprint density at radius 3 is 2.55 bits per heavy atom. The number of nitrogens with one attached hydrogen (secondary N) is 1. The van der Waals surface area contributed by atoms with E-state index in [4.69, 9.17) is 0 Å². The fourth-order valence-electron chi connectivity index (χ4n) is 2.46. The summed E-state index contributed by atoms with van der Waals surface area (Å²) in [4.78, 5) is 2.59. The molecule has 0 amide bonds. The first kappa shape index (κ1) is 7.56. The molecule has 11 heavy (non-hydrogen) atoms. The van der Waals surface area contributed by atoms with Crippen LogP contribution < -0.4 is 5.32 Å². The summed E-state index contributed by atoms with van der Waals surface area (Å²) in [6.45, 7) is 7.35. The number of hydrogen-bond acceptors (Lipinski definition) is 2. The fourth-order valence-corrected chi connectivity index (χ4v) is 2.46. The highest BCUT2D eigenvalue weighted by Gasteiger charge is 2.32. The zero-order valence-electron chi connectivity index (χ0n) is 7.34. The maximum atomic E-state index is 3.57. The van der Waals surface area contributed by atoms with E-state index in [1.54, 1.807) is 0 Å². The molecule has 3 saturated heterocycles. The van der Waals surface area contributed by atoms with Gasteiger partial charge in [0.05, 0.1) is 0 Å². The van der Waals surface area contributed by atoms with Crippen LogP contribution in [0.2, 0.25) is 0 Å². The van der Waals surface area contributed by atoms with Crippen molar-refractivity contribution in [2.24, 2.45) is 5.92 Å². The summed E-state index contributed by atoms with van der Waals surface area (Å²) < 4.78 is 0. The molecule has 0 aromatic heterocycles. The van der Waals surface area contributed by atoms with Crippen molar-refractivity contribution in [1.29, 1.82) is 0 Å². The molecule has 0 saturated carbocycles. The van der Waals surface area contributed by atoms with Crippen molar-refractivity contribution < 1.29 is 0 Å². The van der Waals surface area contributed by atoms with Gasteiger partial charge >= 0.3 is 0 Å². The molecule has 0 radical (unpaired) electrons. The van der Waals surface area contributed by atoms with Gasteiger partial charge in [0.1, 0.15) is 0 Å². The molecule has 0 spiro atoms. The number of fused-ring (bicyclic) bond motifs is 3. The molecular weight excluding hydrogens is 136 g/mol. The molecule has 3 fully saturated rings. The molecule has 2 nitrogen and oxygen atoms in total. The van der Waals surface area contributed by atoms with E-state index in [0.29, 0.717) is 0 Å². The number of piperidine rings is 3. The van der Waals surface area contributed by atoms with Crippen LogP contribution in [-0.4, -0.2) is 37.1 Å². The standard InChI is InChI=1S/C9H18N2/c1-2-10-9-7-11-5-3-8(9)4-6-11/h8-10H,2-7H2,1H3. The lowest BCUT2D eigenvalue weighted by Gasteiger charge is -2.45. The molecular formula is C9H18N2. The van der Waals surface area contributed by atoms with Crippen molar-refractivity contribution >= 4 is 0 Å². The molecule has 0 aromatic rings. The Hall–Kier alpha value is -0.0800. The smallest absolute Gasteiger partial charge is 0.0224 e. The summed E-state index contributed by atoms with van der Waals surface area (Å²) in [5, 5.41) is 3.57. The maximum absolute atomic E-state index is 3.57. The van der Waals surface area contributed by atoms with Crippen LogP contribution >= 0.6 is 0 Å². The first-order valence-corrected chi connectivity index (χ1v) is 4.86. The molecule has 1 atom stereocenters. The van der Waals surface area contributed by atoms with E-state index < -0.39 is 0 Å². The van der Waals surface area contributed by atoms with Gasteiger partial charge in [-0.1, -0.05) is 6.92 Å². The van der Waals surface area contributed by atoms with E-state index in [-0.39, 0.29) is 0 Å². The highest BCUT2D eigenvalue weighted by Crippen LogP contribution is 2.27. The van der Waals surface area contributed by atoms with Crippen LogP contribution in [0.25, 0.3) is 0 Å². The zero-order valence-corrected chi connectivity index (χ0v) is 7.34.